The van der Waals surface area contributed by atoms with Crippen molar-refractivity contribution in [2.45, 2.75) is 24.3 Å². The summed E-state index contributed by atoms with van der Waals surface area (Å²) in [5.74, 6) is -0.652. The average Bonchev–Trinajstić information content (AvgIpc) is 3.19. The van der Waals surface area contributed by atoms with Gasteiger partial charge < -0.3 is 10.3 Å². The second-order valence-electron chi connectivity index (χ2n) is 7.09. The minimum absolute atomic E-state index is 0.0478. The van der Waals surface area contributed by atoms with Crippen LogP contribution in [0.15, 0.2) is 63.9 Å². The highest BCUT2D eigenvalue weighted by Crippen LogP contribution is 2.32. The summed E-state index contributed by atoms with van der Waals surface area (Å²) in [6.07, 6.45) is 0. The molecule has 9 heteroatoms. The number of benzene rings is 2. The Kier molecular flexibility index (Phi) is 6.20. The van der Waals surface area contributed by atoms with Crippen molar-refractivity contribution < 1.29 is 14.0 Å². The maximum Gasteiger partial charge on any atom is 0.260 e. The molecule has 1 atom stereocenters. The van der Waals surface area contributed by atoms with Gasteiger partial charge in [-0.05, 0) is 55.8 Å². The van der Waals surface area contributed by atoms with E-state index in [1.807, 2.05) is 5.38 Å². The fourth-order valence-corrected chi connectivity index (χ4v) is 4.88. The van der Waals surface area contributed by atoms with E-state index in [1.54, 1.807) is 43.3 Å². The zero-order chi connectivity index (χ0) is 22.8. The quantitative estimate of drug-likeness (QED) is 0.234. The molecular formula is C23H18FN3O3S2. The zero-order valence-electron chi connectivity index (χ0n) is 17.1. The number of rotatable bonds is 6. The molecule has 0 aliphatic carbocycles. The Hall–Kier alpha value is -3.30. The Balaban J connectivity index is 1.51. The molecule has 0 fully saturated rings. The SMILES string of the molecule is CC(=O)c1ccc(NC(=O)C(C)Sc2nc3scc(-c4ccc(F)cc4)c3c(=O)[nH]2)cc1. The maximum absolute atomic E-state index is 13.2. The predicted octanol–water partition coefficient (Wildman–Crippen LogP) is 5.11. The van der Waals surface area contributed by atoms with E-state index in [0.717, 1.165) is 17.3 Å². The highest BCUT2D eigenvalue weighted by Gasteiger charge is 2.19. The smallest absolute Gasteiger partial charge is 0.260 e. The number of hydrogen-bond donors (Lipinski definition) is 2. The molecule has 1 amide bonds. The van der Waals surface area contributed by atoms with Gasteiger partial charge in [-0.15, -0.1) is 11.3 Å². The van der Waals surface area contributed by atoms with E-state index < -0.39 is 5.25 Å². The van der Waals surface area contributed by atoms with Gasteiger partial charge >= 0.3 is 0 Å². The minimum Gasteiger partial charge on any atom is -0.325 e. The molecule has 2 aromatic heterocycles. The van der Waals surface area contributed by atoms with E-state index in [0.29, 0.717) is 32.2 Å². The lowest BCUT2D eigenvalue weighted by molar-refractivity contribution is -0.115. The number of thiophene rings is 1. The molecular weight excluding hydrogens is 449 g/mol. The van der Waals surface area contributed by atoms with Crippen LogP contribution in [0.2, 0.25) is 0 Å². The number of anilines is 1. The number of halogens is 1. The van der Waals surface area contributed by atoms with Gasteiger partial charge in [-0.3, -0.25) is 14.4 Å². The summed E-state index contributed by atoms with van der Waals surface area (Å²) in [5.41, 5.74) is 2.25. The van der Waals surface area contributed by atoms with Crippen molar-refractivity contribution in [2.75, 3.05) is 5.32 Å². The molecule has 4 aromatic rings. The topological polar surface area (TPSA) is 91.9 Å². The molecule has 0 saturated carbocycles. The van der Waals surface area contributed by atoms with Crippen LogP contribution in [0.3, 0.4) is 0 Å². The second-order valence-corrected chi connectivity index (χ2v) is 9.28. The van der Waals surface area contributed by atoms with Gasteiger partial charge in [-0.1, -0.05) is 23.9 Å². The predicted molar refractivity (Wildman–Crippen MR) is 126 cm³/mol. The molecule has 4 rings (SSSR count). The fourth-order valence-electron chi connectivity index (χ4n) is 3.08. The van der Waals surface area contributed by atoms with Crippen LogP contribution in [0.1, 0.15) is 24.2 Å². The largest absolute Gasteiger partial charge is 0.325 e. The summed E-state index contributed by atoms with van der Waals surface area (Å²) in [4.78, 5) is 44.4. The van der Waals surface area contributed by atoms with Crippen molar-refractivity contribution in [3.05, 3.63) is 75.6 Å². The van der Waals surface area contributed by atoms with Crippen LogP contribution in [-0.2, 0) is 4.79 Å². The van der Waals surface area contributed by atoms with Crippen LogP contribution in [0.4, 0.5) is 10.1 Å². The average molecular weight is 468 g/mol. The molecule has 0 spiro atoms. The summed E-state index contributed by atoms with van der Waals surface area (Å²) < 4.78 is 13.2. The Morgan fingerprint density at radius 3 is 2.47 bits per heavy atom. The number of aromatic nitrogens is 2. The number of hydrogen-bond acceptors (Lipinski definition) is 6. The normalized spacial score (nSPS) is 12.0. The molecule has 0 saturated heterocycles. The third-order valence-electron chi connectivity index (χ3n) is 4.79. The van der Waals surface area contributed by atoms with Crippen LogP contribution in [0.25, 0.3) is 21.3 Å². The van der Waals surface area contributed by atoms with Crippen molar-refractivity contribution in [3.8, 4) is 11.1 Å². The summed E-state index contributed by atoms with van der Waals surface area (Å²) >= 11 is 2.46. The summed E-state index contributed by atoms with van der Waals surface area (Å²) in [5, 5.41) is 4.85. The highest BCUT2D eigenvalue weighted by atomic mass is 32.2. The van der Waals surface area contributed by atoms with Crippen LogP contribution in [-0.4, -0.2) is 26.9 Å². The number of carbonyl (C=O) groups excluding carboxylic acids is 2. The van der Waals surface area contributed by atoms with E-state index in [1.165, 1.54) is 30.4 Å². The molecule has 6 nitrogen and oxygen atoms in total. The number of thioether (sulfide) groups is 1. The highest BCUT2D eigenvalue weighted by molar-refractivity contribution is 8.00. The van der Waals surface area contributed by atoms with Crippen LogP contribution >= 0.6 is 23.1 Å². The number of Topliss-reactive ketones (excluding diaryl/α,β-unsaturated/α-hetero) is 1. The standard InChI is InChI=1S/C23H18FN3O3S2/c1-12(28)14-5-9-17(10-6-14)25-20(29)13(2)32-23-26-21(30)19-18(11-31-22(19)27-23)15-3-7-16(24)8-4-15/h3-11,13H,1-2H3,(H,25,29)(H,26,27,30). The molecule has 2 N–H and O–H groups in total. The molecule has 0 aliphatic rings. The van der Waals surface area contributed by atoms with Crippen LogP contribution < -0.4 is 10.9 Å². The lowest BCUT2D eigenvalue weighted by Gasteiger charge is -2.11. The van der Waals surface area contributed by atoms with E-state index >= 15 is 0 Å². The number of ketones is 1. The van der Waals surface area contributed by atoms with Gasteiger partial charge in [-0.25, -0.2) is 9.37 Å². The number of fused-ring (bicyclic) bond motifs is 1. The first-order valence-electron chi connectivity index (χ1n) is 9.68. The monoisotopic (exact) mass is 467 g/mol. The van der Waals surface area contributed by atoms with Crippen molar-refractivity contribution in [1.82, 2.24) is 9.97 Å². The van der Waals surface area contributed by atoms with Crippen molar-refractivity contribution >= 4 is 50.7 Å². The number of aromatic amines is 1. The number of nitrogens with zero attached hydrogens (tertiary/aromatic N) is 1. The Bertz CT molecular complexity index is 1360. The number of H-pyrrole nitrogens is 1. The Labute approximate surface area is 190 Å². The van der Waals surface area contributed by atoms with Crippen LogP contribution in [0.5, 0.6) is 0 Å². The Morgan fingerprint density at radius 2 is 1.81 bits per heavy atom. The van der Waals surface area contributed by atoms with E-state index in [2.05, 4.69) is 15.3 Å². The number of carbonyl (C=O) groups is 2. The van der Waals surface area contributed by atoms with Crippen molar-refractivity contribution in [1.29, 1.82) is 0 Å². The van der Waals surface area contributed by atoms with Crippen molar-refractivity contribution in [3.63, 3.8) is 0 Å². The molecule has 2 aromatic carbocycles. The zero-order valence-corrected chi connectivity index (χ0v) is 18.8. The van der Waals surface area contributed by atoms with Gasteiger partial charge in [0.25, 0.3) is 5.56 Å². The van der Waals surface area contributed by atoms with E-state index in [9.17, 15) is 18.8 Å². The van der Waals surface area contributed by atoms with Crippen molar-refractivity contribution in [2.24, 2.45) is 0 Å². The molecule has 2 heterocycles. The maximum atomic E-state index is 13.2. The summed E-state index contributed by atoms with van der Waals surface area (Å²) in [6.45, 7) is 3.19. The lowest BCUT2D eigenvalue weighted by atomic mass is 10.1. The summed E-state index contributed by atoms with van der Waals surface area (Å²) in [6, 6.07) is 12.6. The first-order valence-corrected chi connectivity index (χ1v) is 11.4. The van der Waals surface area contributed by atoms with Gasteiger partial charge in [0.15, 0.2) is 10.9 Å². The molecule has 32 heavy (non-hydrogen) atoms. The van der Waals surface area contributed by atoms with Gasteiger partial charge in [0, 0.05) is 22.2 Å². The van der Waals surface area contributed by atoms with Gasteiger partial charge in [0.2, 0.25) is 5.91 Å². The van der Waals surface area contributed by atoms with E-state index in [-0.39, 0.29) is 23.1 Å². The first-order chi connectivity index (χ1) is 15.3. The molecule has 1 unspecified atom stereocenters. The summed E-state index contributed by atoms with van der Waals surface area (Å²) in [7, 11) is 0. The number of nitrogens with one attached hydrogen (secondary N) is 2. The molecule has 0 radical (unpaired) electrons. The van der Waals surface area contributed by atoms with Gasteiger partial charge in [-0.2, -0.15) is 0 Å². The van der Waals surface area contributed by atoms with E-state index in [4.69, 9.17) is 0 Å². The molecule has 0 aliphatic heterocycles. The Morgan fingerprint density at radius 1 is 1.12 bits per heavy atom. The molecule has 0 bridgehead atoms. The second kappa shape index (κ2) is 9.05. The van der Waals surface area contributed by atoms with Gasteiger partial charge in [0.1, 0.15) is 10.6 Å². The lowest BCUT2D eigenvalue weighted by Crippen LogP contribution is -2.23. The minimum atomic E-state index is -0.528. The third-order valence-corrected chi connectivity index (χ3v) is 6.65. The van der Waals surface area contributed by atoms with Crippen LogP contribution in [0, 0.1) is 5.82 Å². The first kappa shape index (κ1) is 21.9. The van der Waals surface area contributed by atoms with Gasteiger partial charge in [0.05, 0.1) is 10.6 Å². The third kappa shape index (κ3) is 4.63. The number of amides is 1. The molecule has 162 valence electrons. The fraction of sp³-hybridized carbons (Fsp3) is 0.130.